The SMILES string of the molecule is CO[P+](=O)Oc1ccccc1.O. The quantitative estimate of drug-likeness (QED) is 0.677. The van der Waals surface area contributed by atoms with Crippen LogP contribution in [0.3, 0.4) is 0 Å². The van der Waals surface area contributed by atoms with Gasteiger partial charge in [0.05, 0.1) is 7.11 Å². The van der Waals surface area contributed by atoms with Crippen LogP contribution in [-0.2, 0) is 9.09 Å². The standard InChI is InChI=1S/C7H8O3P.H2O/c1-9-11(8)10-7-5-3-2-4-6-7;/h2-6H,1H3;1H2/q+1;. The van der Waals surface area contributed by atoms with Gasteiger partial charge in [0.25, 0.3) is 0 Å². The molecule has 0 amide bonds. The Labute approximate surface area is 71.4 Å². The average Bonchev–Trinajstić information content (AvgIpc) is 2.06. The largest absolute Gasteiger partial charge is 0.749 e. The summed E-state index contributed by atoms with van der Waals surface area (Å²) in [6.07, 6.45) is 0. The highest BCUT2D eigenvalue weighted by Crippen LogP contribution is 2.25. The average molecular weight is 189 g/mol. The molecule has 1 aromatic carbocycles. The van der Waals surface area contributed by atoms with Crippen molar-refractivity contribution in [2.75, 3.05) is 7.11 Å². The molecule has 1 unspecified atom stereocenters. The van der Waals surface area contributed by atoms with E-state index < -0.39 is 8.25 Å². The topological polar surface area (TPSA) is 67.0 Å². The Balaban J connectivity index is 0.00000121. The van der Waals surface area contributed by atoms with Crippen LogP contribution < -0.4 is 4.52 Å². The maximum atomic E-state index is 10.7. The van der Waals surface area contributed by atoms with Gasteiger partial charge in [-0.25, -0.2) is 4.52 Å². The third kappa shape index (κ3) is 3.44. The second-order valence-electron chi connectivity index (χ2n) is 1.81. The van der Waals surface area contributed by atoms with Crippen LogP contribution in [0.5, 0.6) is 5.75 Å². The summed E-state index contributed by atoms with van der Waals surface area (Å²) in [5.41, 5.74) is 0. The summed E-state index contributed by atoms with van der Waals surface area (Å²) >= 11 is 0. The van der Waals surface area contributed by atoms with Gasteiger partial charge in [-0.05, 0) is 12.1 Å². The monoisotopic (exact) mass is 189 g/mol. The minimum absolute atomic E-state index is 0. The van der Waals surface area contributed by atoms with Gasteiger partial charge < -0.3 is 5.48 Å². The van der Waals surface area contributed by atoms with Crippen molar-refractivity contribution in [3.63, 3.8) is 0 Å². The van der Waals surface area contributed by atoms with Crippen molar-refractivity contribution < 1.29 is 19.1 Å². The second-order valence-corrected chi connectivity index (χ2v) is 2.81. The van der Waals surface area contributed by atoms with Crippen LogP contribution >= 0.6 is 8.25 Å². The second kappa shape index (κ2) is 5.66. The Kier molecular flexibility index (Phi) is 5.21. The molecule has 1 aromatic rings. The van der Waals surface area contributed by atoms with E-state index in [9.17, 15) is 4.57 Å². The molecule has 0 heterocycles. The first kappa shape index (κ1) is 11.0. The number of para-hydroxylation sites is 1. The molecule has 1 atom stereocenters. The van der Waals surface area contributed by atoms with Gasteiger partial charge in [0.1, 0.15) is 0 Å². The van der Waals surface area contributed by atoms with Crippen molar-refractivity contribution in [2.45, 2.75) is 0 Å². The summed E-state index contributed by atoms with van der Waals surface area (Å²) < 4.78 is 20.0. The highest BCUT2D eigenvalue weighted by atomic mass is 31.1. The van der Waals surface area contributed by atoms with E-state index in [2.05, 4.69) is 4.52 Å². The maximum absolute atomic E-state index is 10.7. The molecule has 0 radical (unpaired) electrons. The van der Waals surface area contributed by atoms with Gasteiger partial charge in [0.2, 0.25) is 0 Å². The van der Waals surface area contributed by atoms with Crippen molar-refractivity contribution >= 4 is 8.25 Å². The molecule has 2 N–H and O–H groups in total. The van der Waals surface area contributed by atoms with E-state index in [1.807, 2.05) is 6.07 Å². The molecule has 4 nitrogen and oxygen atoms in total. The lowest BCUT2D eigenvalue weighted by Gasteiger charge is -1.87. The van der Waals surface area contributed by atoms with Gasteiger partial charge in [-0.15, -0.1) is 4.52 Å². The predicted molar refractivity (Wildman–Crippen MR) is 45.3 cm³/mol. The van der Waals surface area contributed by atoms with Crippen LogP contribution in [0.2, 0.25) is 0 Å². The van der Waals surface area contributed by atoms with E-state index in [1.54, 1.807) is 24.3 Å². The van der Waals surface area contributed by atoms with Gasteiger partial charge in [-0.2, -0.15) is 0 Å². The van der Waals surface area contributed by atoms with Crippen LogP contribution in [0, 0.1) is 0 Å². The fraction of sp³-hybridized carbons (Fsp3) is 0.143. The van der Waals surface area contributed by atoms with E-state index in [1.165, 1.54) is 7.11 Å². The van der Waals surface area contributed by atoms with Gasteiger partial charge in [0.15, 0.2) is 5.75 Å². The Morgan fingerprint density at radius 3 is 2.33 bits per heavy atom. The fourth-order valence-electron chi connectivity index (χ4n) is 0.605. The molecule has 66 valence electrons. The van der Waals surface area contributed by atoms with E-state index in [4.69, 9.17) is 4.52 Å². The Bertz CT molecular complexity index is 236. The molecule has 0 aliphatic carbocycles. The molecule has 0 saturated carbocycles. The summed E-state index contributed by atoms with van der Waals surface area (Å²) in [6, 6.07) is 8.88. The molecule has 0 fully saturated rings. The van der Waals surface area contributed by atoms with Gasteiger partial charge >= 0.3 is 8.25 Å². The summed E-state index contributed by atoms with van der Waals surface area (Å²) in [4.78, 5) is 0. The van der Waals surface area contributed by atoms with Crippen LogP contribution in [0.1, 0.15) is 0 Å². The van der Waals surface area contributed by atoms with Crippen molar-refractivity contribution in [1.82, 2.24) is 0 Å². The number of benzene rings is 1. The van der Waals surface area contributed by atoms with Crippen LogP contribution in [-0.4, -0.2) is 12.6 Å². The molecule has 0 aliphatic rings. The zero-order valence-electron chi connectivity index (χ0n) is 6.56. The van der Waals surface area contributed by atoms with Gasteiger partial charge in [0, 0.05) is 4.57 Å². The lowest BCUT2D eigenvalue weighted by Crippen LogP contribution is -1.80. The van der Waals surface area contributed by atoms with Crippen molar-refractivity contribution in [1.29, 1.82) is 0 Å². The number of hydrogen-bond donors (Lipinski definition) is 0. The normalized spacial score (nSPS) is 9.92. The van der Waals surface area contributed by atoms with E-state index in [0.717, 1.165) is 0 Å². The molecule has 12 heavy (non-hydrogen) atoms. The number of rotatable bonds is 3. The Morgan fingerprint density at radius 1 is 1.25 bits per heavy atom. The fourth-order valence-corrected chi connectivity index (χ4v) is 0.973. The van der Waals surface area contributed by atoms with Crippen molar-refractivity contribution in [3.8, 4) is 5.75 Å². The summed E-state index contributed by atoms with van der Waals surface area (Å²) in [7, 11) is -0.670. The molecule has 5 heteroatoms. The third-order valence-corrected chi connectivity index (χ3v) is 1.73. The van der Waals surface area contributed by atoms with Crippen molar-refractivity contribution in [2.24, 2.45) is 0 Å². The molecule has 0 aliphatic heterocycles. The lowest BCUT2D eigenvalue weighted by atomic mass is 10.3. The van der Waals surface area contributed by atoms with Crippen molar-refractivity contribution in [3.05, 3.63) is 30.3 Å². The van der Waals surface area contributed by atoms with E-state index >= 15 is 0 Å². The molecule has 0 bridgehead atoms. The number of hydrogen-bond acceptors (Lipinski definition) is 3. The van der Waals surface area contributed by atoms with Crippen LogP contribution in [0.4, 0.5) is 0 Å². The minimum atomic E-state index is -2.00. The van der Waals surface area contributed by atoms with Gasteiger partial charge in [-0.1, -0.05) is 18.2 Å². The molecule has 0 spiro atoms. The minimum Gasteiger partial charge on any atom is -0.412 e. The third-order valence-electron chi connectivity index (χ3n) is 1.07. The lowest BCUT2D eigenvalue weighted by molar-refractivity contribution is 0.349. The Hall–Kier alpha value is -0.960. The Morgan fingerprint density at radius 2 is 1.83 bits per heavy atom. The highest BCUT2D eigenvalue weighted by molar-refractivity contribution is 7.33. The molecular weight excluding hydrogens is 179 g/mol. The molecule has 1 rings (SSSR count). The van der Waals surface area contributed by atoms with E-state index in [0.29, 0.717) is 5.75 Å². The first-order valence-electron chi connectivity index (χ1n) is 3.07. The predicted octanol–water partition coefficient (Wildman–Crippen LogP) is 1.54. The summed E-state index contributed by atoms with van der Waals surface area (Å²) in [6.45, 7) is 0. The maximum Gasteiger partial charge on any atom is 0.749 e. The van der Waals surface area contributed by atoms with Crippen LogP contribution in [0.15, 0.2) is 30.3 Å². The smallest absolute Gasteiger partial charge is 0.412 e. The first-order chi connectivity index (χ1) is 5.33. The summed E-state index contributed by atoms with van der Waals surface area (Å²) in [5.74, 6) is 0.551. The van der Waals surface area contributed by atoms with Crippen LogP contribution in [0.25, 0.3) is 0 Å². The molecule has 0 aromatic heterocycles. The first-order valence-corrected chi connectivity index (χ1v) is 4.17. The zero-order valence-corrected chi connectivity index (χ0v) is 7.45. The van der Waals surface area contributed by atoms with Gasteiger partial charge in [-0.3, -0.25) is 0 Å². The highest BCUT2D eigenvalue weighted by Gasteiger charge is 2.17. The summed E-state index contributed by atoms with van der Waals surface area (Å²) in [5, 5.41) is 0. The van der Waals surface area contributed by atoms with E-state index in [-0.39, 0.29) is 5.48 Å². The molecular formula is C7H10O4P+. The molecule has 0 saturated heterocycles. The zero-order chi connectivity index (χ0) is 8.10.